The Hall–Kier alpha value is -8.58. The summed E-state index contributed by atoms with van der Waals surface area (Å²) in [7, 11) is -0.486. The van der Waals surface area contributed by atoms with Gasteiger partial charge in [-0.25, -0.2) is 38.3 Å². The summed E-state index contributed by atoms with van der Waals surface area (Å²) < 4.78 is 61.1. The molecule has 0 saturated carbocycles. The van der Waals surface area contributed by atoms with E-state index in [-0.39, 0.29) is 47.7 Å². The number of rotatable bonds is 10. The number of benzene rings is 2. The van der Waals surface area contributed by atoms with Crippen LogP contribution in [0.15, 0.2) is 84.0 Å². The number of aryl methyl sites for hydroxylation is 1. The highest BCUT2D eigenvalue weighted by Crippen LogP contribution is 2.37. The average Bonchev–Trinajstić information content (AvgIpc) is 4.42. The summed E-state index contributed by atoms with van der Waals surface area (Å²) in [6, 6.07) is 12.6. The molecule has 404 valence electrons. The van der Waals surface area contributed by atoms with Crippen LogP contribution in [0.25, 0.3) is 32.1 Å². The summed E-state index contributed by atoms with van der Waals surface area (Å²) in [5.41, 5.74) is 5.40. The normalized spacial score (nSPS) is 14.6. The van der Waals surface area contributed by atoms with E-state index in [4.69, 9.17) is 41.8 Å². The fourth-order valence-electron chi connectivity index (χ4n) is 8.74. The third kappa shape index (κ3) is 11.7. The van der Waals surface area contributed by atoms with Gasteiger partial charge in [0.25, 0.3) is 11.6 Å². The van der Waals surface area contributed by atoms with Gasteiger partial charge < -0.3 is 48.9 Å². The van der Waals surface area contributed by atoms with Crippen LogP contribution in [-0.2, 0) is 40.0 Å². The molecule has 0 amide bonds. The van der Waals surface area contributed by atoms with Gasteiger partial charge in [-0.15, -0.1) is 0 Å². The van der Waals surface area contributed by atoms with Gasteiger partial charge in [0.15, 0.2) is 0 Å². The lowest BCUT2D eigenvalue weighted by molar-refractivity contribution is 0.00578. The number of imidazole rings is 2. The SMILES string of the molecule is Cc1nc(C(=O)OC(C)(C)C)ccc1B1OC(C)(C)C(C)(C)O1.[C-]#[N+]c1cn2c(NCc3c(F)ccc4c3CCO4)ncc(-c3ccc(C(=O)O)nc3)c2n1.[C-]#[N+]c1cn2c(NCc3c(F)ccc4c3CCO4)ncc(Br)c2n1. The Morgan fingerprint density at radius 2 is 1.29 bits per heavy atom. The molecule has 0 unspecified atom stereocenters. The third-order valence-electron chi connectivity index (χ3n) is 13.4. The first-order valence-corrected chi connectivity index (χ1v) is 25.6. The highest BCUT2D eigenvalue weighted by atomic mass is 79.9. The first-order chi connectivity index (χ1) is 37.5. The summed E-state index contributed by atoms with van der Waals surface area (Å²) in [6.07, 6.45) is 9.05. The van der Waals surface area contributed by atoms with Crippen molar-refractivity contribution in [2.24, 2.45) is 0 Å². The van der Waals surface area contributed by atoms with Crippen LogP contribution < -0.4 is 25.6 Å². The number of carboxylic acids is 1. The Bertz CT molecular complexity index is 3760. The molecule has 0 spiro atoms. The smallest absolute Gasteiger partial charge is 0.493 e. The molecule has 3 aliphatic heterocycles. The molecule has 24 heteroatoms. The van der Waals surface area contributed by atoms with E-state index in [2.05, 4.69) is 66.2 Å². The fourth-order valence-corrected chi connectivity index (χ4v) is 9.12. The summed E-state index contributed by atoms with van der Waals surface area (Å²) in [5.74, 6) is 0.584. The van der Waals surface area contributed by atoms with Crippen LogP contribution in [0, 0.1) is 31.7 Å². The van der Waals surface area contributed by atoms with Gasteiger partial charge in [-0.1, -0.05) is 35.2 Å². The first-order valence-electron chi connectivity index (χ1n) is 24.8. The monoisotopic (exact) mass is 1140 g/mol. The van der Waals surface area contributed by atoms with Crippen LogP contribution in [0.3, 0.4) is 0 Å². The second-order valence-corrected chi connectivity index (χ2v) is 21.2. The molecule has 20 nitrogen and oxygen atoms in total. The maximum atomic E-state index is 14.5. The number of carbonyl (C=O) groups excluding carboxylic acids is 1. The number of nitrogens with one attached hydrogen (secondary N) is 2. The van der Waals surface area contributed by atoms with Crippen molar-refractivity contribution in [2.75, 3.05) is 23.8 Å². The molecule has 11 rings (SSSR count). The minimum atomic E-state index is -1.12. The molecule has 1 fully saturated rings. The van der Waals surface area contributed by atoms with E-state index in [1.54, 1.807) is 51.7 Å². The minimum absolute atomic E-state index is 0.0809. The molecular weight excluding hydrogens is 1090 g/mol. The van der Waals surface area contributed by atoms with Crippen molar-refractivity contribution < 1.29 is 47.0 Å². The Morgan fingerprint density at radius 3 is 1.80 bits per heavy atom. The molecule has 0 bridgehead atoms. The van der Waals surface area contributed by atoms with Crippen molar-refractivity contribution in [3.8, 4) is 22.6 Å². The predicted octanol–water partition coefficient (Wildman–Crippen LogP) is 10.1. The molecule has 0 aliphatic carbocycles. The first kappa shape index (κ1) is 55.2. The zero-order valence-corrected chi connectivity index (χ0v) is 45.8. The molecule has 1 saturated heterocycles. The maximum Gasteiger partial charge on any atom is 0.496 e. The summed E-state index contributed by atoms with van der Waals surface area (Å²) in [4.78, 5) is 55.5. The van der Waals surface area contributed by atoms with Gasteiger partial charge in [0.2, 0.25) is 23.2 Å². The number of pyridine rings is 2. The molecular formula is C55H52BBrF2N12O8. The lowest BCUT2D eigenvalue weighted by Crippen LogP contribution is -2.41. The molecule has 3 N–H and O–H groups in total. The zero-order valence-electron chi connectivity index (χ0n) is 44.2. The highest BCUT2D eigenvalue weighted by Gasteiger charge is 2.52. The quantitative estimate of drug-likeness (QED) is 0.0659. The van der Waals surface area contributed by atoms with Crippen molar-refractivity contribution in [3.63, 3.8) is 0 Å². The number of carbonyl (C=O) groups is 2. The number of anilines is 2. The van der Waals surface area contributed by atoms with E-state index in [1.165, 1.54) is 30.6 Å². The van der Waals surface area contributed by atoms with Crippen LogP contribution in [0.1, 0.15) is 97.4 Å². The van der Waals surface area contributed by atoms with Crippen LogP contribution in [-0.4, -0.2) is 92.9 Å². The number of esters is 1. The van der Waals surface area contributed by atoms with Gasteiger partial charge in [0.05, 0.1) is 36.2 Å². The lowest BCUT2D eigenvalue weighted by Gasteiger charge is -2.32. The average molecular weight is 1140 g/mol. The van der Waals surface area contributed by atoms with Crippen molar-refractivity contribution in [2.45, 2.75) is 98.1 Å². The molecule has 8 aromatic rings. The van der Waals surface area contributed by atoms with E-state index in [9.17, 15) is 18.4 Å². The second-order valence-electron chi connectivity index (χ2n) is 20.3. The van der Waals surface area contributed by atoms with Gasteiger partial charge in [-0.2, -0.15) is 0 Å². The zero-order chi connectivity index (χ0) is 56.6. The van der Waals surface area contributed by atoms with Gasteiger partial charge in [-0.3, -0.25) is 8.80 Å². The number of hydrogen-bond donors (Lipinski definition) is 3. The Morgan fingerprint density at radius 1 is 0.759 bits per heavy atom. The Balaban J connectivity index is 0.000000147. The number of carboxylic acid groups (broad SMARTS) is 1. The second kappa shape index (κ2) is 22.0. The van der Waals surface area contributed by atoms with Gasteiger partial charge in [0.1, 0.15) is 44.6 Å². The third-order valence-corrected chi connectivity index (χ3v) is 14.0. The van der Waals surface area contributed by atoms with Crippen LogP contribution in [0.5, 0.6) is 11.5 Å². The number of nitrogens with zero attached hydrogens (tertiary/aromatic N) is 10. The summed E-state index contributed by atoms with van der Waals surface area (Å²) in [5, 5.41) is 15.3. The topological polar surface area (TPSA) is 219 Å². The van der Waals surface area contributed by atoms with Crippen molar-refractivity contribution in [3.05, 3.63) is 158 Å². The molecule has 6 aromatic heterocycles. The van der Waals surface area contributed by atoms with Crippen LogP contribution in [0.2, 0.25) is 0 Å². The van der Waals surface area contributed by atoms with Gasteiger partial charge in [0, 0.05) is 89.7 Å². The molecule has 79 heavy (non-hydrogen) atoms. The van der Waals surface area contributed by atoms with Gasteiger partial charge >= 0.3 is 19.1 Å². The molecule has 0 atom stereocenters. The number of ether oxygens (including phenoxy) is 3. The van der Waals surface area contributed by atoms with E-state index in [1.807, 2.05) is 61.5 Å². The van der Waals surface area contributed by atoms with E-state index in [0.29, 0.717) is 87.4 Å². The van der Waals surface area contributed by atoms with E-state index < -0.39 is 35.9 Å². The van der Waals surface area contributed by atoms with Crippen LogP contribution >= 0.6 is 15.9 Å². The predicted molar refractivity (Wildman–Crippen MR) is 292 cm³/mol. The number of fused-ring (bicyclic) bond motifs is 4. The summed E-state index contributed by atoms with van der Waals surface area (Å²) in [6.45, 7) is 31.3. The van der Waals surface area contributed by atoms with Gasteiger partial charge in [-0.05, 0) is 108 Å². The standard InChI is InChI=1S/C22H15FN6O3.C17H26BNO4.C16H11BrFN5O/c1-24-19-11-29-20(28-19)14(12-2-4-17(21(30)31)25-8-12)9-26-22(29)27-10-15-13-6-7-32-18(13)5-3-16(15)23;1-11-12(18-22-16(5,6)17(7,8)23-18)9-10-13(19-11)14(20)21-15(2,3)4;1-19-14-8-23-15(22-14)11(17)7-21-16(23)20-6-10-9-4-5-24-13(9)3-2-12(10)18/h2-5,8-9,11H,6-7,10H2,(H,26,27)(H,30,31);9-10H,1-8H3;2-3,7-8H,4-6H2,(H,20,21). The summed E-state index contributed by atoms with van der Waals surface area (Å²) >= 11 is 3.37. The van der Waals surface area contributed by atoms with Crippen molar-refractivity contribution in [1.29, 1.82) is 0 Å². The Labute approximate surface area is 461 Å². The number of aromatic carboxylic acids is 1. The molecule has 0 radical (unpaired) electrons. The van der Waals surface area contributed by atoms with Crippen molar-refractivity contribution >= 4 is 75.3 Å². The largest absolute Gasteiger partial charge is 0.496 e. The number of halogens is 3. The van der Waals surface area contributed by atoms with E-state index in [0.717, 1.165) is 22.3 Å². The fraction of sp³-hybridized carbons (Fsp3) is 0.309. The number of aromatic nitrogens is 8. The minimum Gasteiger partial charge on any atom is -0.493 e. The molecule has 3 aliphatic rings. The molecule has 2 aromatic carbocycles. The number of hydrogen-bond acceptors (Lipinski definition) is 15. The maximum absolute atomic E-state index is 14.5. The Kier molecular flexibility index (Phi) is 15.4. The van der Waals surface area contributed by atoms with Crippen LogP contribution in [0.4, 0.5) is 32.3 Å². The lowest BCUT2D eigenvalue weighted by atomic mass is 9.78. The van der Waals surface area contributed by atoms with E-state index >= 15 is 0 Å². The van der Waals surface area contributed by atoms with Crippen molar-refractivity contribution in [1.82, 2.24) is 38.7 Å². The highest BCUT2D eigenvalue weighted by molar-refractivity contribution is 9.10. The molecule has 9 heterocycles.